The highest BCUT2D eigenvalue weighted by Gasteiger charge is 2.10. The highest BCUT2D eigenvalue weighted by atomic mass is 15.1. The average molecular weight is 263 g/mol. The molecule has 0 bridgehead atoms. The molecule has 3 heteroatoms. The minimum absolute atomic E-state index is 0.970. The molecule has 1 N–H and O–H groups in total. The van der Waals surface area contributed by atoms with Crippen LogP contribution in [0.15, 0.2) is 48.9 Å². The van der Waals surface area contributed by atoms with E-state index < -0.39 is 0 Å². The van der Waals surface area contributed by atoms with Gasteiger partial charge in [0.05, 0.1) is 11.9 Å². The molecule has 0 fully saturated rings. The number of H-pyrrole nitrogens is 1. The maximum Gasteiger partial charge on any atom is 0.0811 e. The summed E-state index contributed by atoms with van der Waals surface area (Å²) in [7, 11) is 0. The Morgan fingerprint density at radius 2 is 2.00 bits per heavy atom. The minimum Gasteiger partial charge on any atom is -0.285 e. The summed E-state index contributed by atoms with van der Waals surface area (Å²) in [5, 5.41) is 6.88. The van der Waals surface area contributed by atoms with Gasteiger partial charge in [-0.2, -0.15) is 5.10 Å². The van der Waals surface area contributed by atoms with E-state index in [2.05, 4.69) is 59.4 Å². The number of nitrogens with one attached hydrogen (secondary N) is 1. The van der Waals surface area contributed by atoms with Crippen molar-refractivity contribution in [2.75, 3.05) is 0 Å². The lowest BCUT2D eigenvalue weighted by Gasteiger charge is -2.10. The molecule has 0 amide bonds. The normalized spacial score (nSPS) is 10.7. The molecular weight excluding hydrogens is 246 g/mol. The van der Waals surface area contributed by atoms with Gasteiger partial charge in [0.2, 0.25) is 0 Å². The molecule has 0 aliphatic rings. The van der Waals surface area contributed by atoms with Gasteiger partial charge in [-0.05, 0) is 36.1 Å². The van der Waals surface area contributed by atoms with E-state index in [0.717, 1.165) is 28.8 Å². The van der Waals surface area contributed by atoms with Gasteiger partial charge in [0.25, 0.3) is 0 Å². The number of aromatic amines is 1. The first-order valence-corrected chi connectivity index (χ1v) is 6.83. The van der Waals surface area contributed by atoms with E-state index in [1.54, 1.807) is 0 Å². The van der Waals surface area contributed by atoms with Crippen molar-refractivity contribution < 1.29 is 0 Å². The Kier molecular flexibility index (Phi) is 3.33. The molecule has 0 unspecified atom stereocenters. The fourth-order valence-electron chi connectivity index (χ4n) is 2.36. The van der Waals surface area contributed by atoms with Gasteiger partial charge in [-0.25, -0.2) is 0 Å². The van der Waals surface area contributed by atoms with Crippen LogP contribution in [0.3, 0.4) is 0 Å². The van der Waals surface area contributed by atoms with E-state index in [9.17, 15) is 0 Å². The first-order valence-electron chi connectivity index (χ1n) is 6.83. The number of aromatic nitrogens is 3. The van der Waals surface area contributed by atoms with Gasteiger partial charge in [-0.1, -0.05) is 31.2 Å². The largest absolute Gasteiger partial charge is 0.285 e. The molecule has 0 saturated heterocycles. The number of nitrogens with zero attached hydrogens (tertiary/aromatic N) is 2. The fourth-order valence-corrected chi connectivity index (χ4v) is 2.36. The summed E-state index contributed by atoms with van der Waals surface area (Å²) < 4.78 is 0. The average Bonchev–Trinajstić information content (AvgIpc) is 3.01. The molecule has 0 aliphatic carbocycles. The molecule has 3 nitrogen and oxygen atoms in total. The van der Waals surface area contributed by atoms with Gasteiger partial charge in [0.15, 0.2) is 0 Å². The van der Waals surface area contributed by atoms with Crippen LogP contribution < -0.4 is 0 Å². The summed E-state index contributed by atoms with van der Waals surface area (Å²) in [6.45, 7) is 4.24. The van der Waals surface area contributed by atoms with Crippen LogP contribution in [0, 0.1) is 6.92 Å². The van der Waals surface area contributed by atoms with E-state index >= 15 is 0 Å². The van der Waals surface area contributed by atoms with Crippen molar-refractivity contribution in [1.29, 1.82) is 0 Å². The lowest BCUT2D eigenvalue weighted by Crippen LogP contribution is -1.91. The van der Waals surface area contributed by atoms with E-state index in [1.807, 2.05) is 18.6 Å². The maximum atomic E-state index is 4.59. The topological polar surface area (TPSA) is 41.6 Å². The second kappa shape index (κ2) is 5.29. The fraction of sp³-hybridized carbons (Fsp3) is 0.176. The van der Waals surface area contributed by atoms with Gasteiger partial charge in [-0.3, -0.25) is 10.1 Å². The van der Waals surface area contributed by atoms with Gasteiger partial charge in [-0.15, -0.1) is 0 Å². The molecule has 0 atom stereocenters. The standard InChI is InChI=1S/C17H17N3/c1-3-13-5-4-6-14(8-13)16-7-12(2)9-18-17(16)15-10-19-20-11-15/h4-11H,3H2,1-2H3,(H,19,20). The summed E-state index contributed by atoms with van der Waals surface area (Å²) in [4.78, 5) is 4.59. The number of hydrogen-bond acceptors (Lipinski definition) is 2. The van der Waals surface area contributed by atoms with Gasteiger partial charge in [0.1, 0.15) is 0 Å². The van der Waals surface area contributed by atoms with Crippen molar-refractivity contribution in [2.24, 2.45) is 0 Å². The molecule has 0 saturated carbocycles. The van der Waals surface area contributed by atoms with Crippen LogP contribution >= 0.6 is 0 Å². The van der Waals surface area contributed by atoms with Crippen molar-refractivity contribution in [1.82, 2.24) is 15.2 Å². The first-order chi connectivity index (χ1) is 9.78. The Morgan fingerprint density at radius 3 is 2.75 bits per heavy atom. The predicted octanol–water partition coefficient (Wildman–Crippen LogP) is 4.01. The molecule has 2 heterocycles. The zero-order valence-electron chi connectivity index (χ0n) is 11.7. The van der Waals surface area contributed by atoms with E-state index in [0.29, 0.717) is 0 Å². The van der Waals surface area contributed by atoms with Crippen LogP contribution in [-0.4, -0.2) is 15.2 Å². The van der Waals surface area contributed by atoms with Crippen LogP contribution in [0.1, 0.15) is 18.1 Å². The number of benzene rings is 1. The maximum absolute atomic E-state index is 4.59. The molecule has 1 aromatic carbocycles. The Hall–Kier alpha value is -2.42. The third-order valence-corrected chi connectivity index (χ3v) is 3.44. The number of hydrogen-bond donors (Lipinski definition) is 1. The molecule has 0 aliphatic heterocycles. The Morgan fingerprint density at radius 1 is 1.10 bits per heavy atom. The van der Waals surface area contributed by atoms with Crippen LogP contribution in [0.25, 0.3) is 22.4 Å². The summed E-state index contributed by atoms with van der Waals surface area (Å²) >= 11 is 0. The number of rotatable bonds is 3. The third kappa shape index (κ3) is 2.35. The Balaban J connectivity index is 2.19. The summed E-state index contributed by atoms with van der Waals surface area (Å²) in [5.41, 5.74) is 6.84. The highest BCUT2D eigenvalue weighted by Crippen LogP contribution is 2.31. The second-order valence-electron chi connectivity index (χ2n) is 4.95. The van der Waals surface area contributed by atoms with Crippen LogP contribution in [0.5, 0.6) is 0 Å². The highest BCUT2D eigenvalue weighted by molar-refractivity contribution is 5.80. The molecule has 0 radical (unpaired) electrons. The Bertz CT molecular complexity index is 715. The van der Waals surface area contributed by atoms with Gasteiger partial charge >= 0.3 is 0 Å². The summed E-state index contributed by atoms with van der Waals surface area (Å²) in [6, 6.07) is 10.8. The zero-order valence-corrected chi connectivity index (χ0v) is 11.7. The van der Waals surface area contributed by atoms with Crippen LogP contribution in [0.2, 0.25) is 0 Å². The molecule has 20 heavy (non-hydrogen) atoms. The quantitative estimate of drug-likeness (QED) is 0.775. The Labute approximate surface area is 118 Å². The monoisotopic (exact) mass is 263 g/mol. The number of pyridine rings is 1. The molecule has 3 rings (SSSR count). The minimum atomic E-state index is 0.970. The van der Waals surface area contributed by atoms with E-state index in [-0.39, 0.29) is 0 Å². The number of aryl methyl sites for hydroxylation is 2. The van der Waals surface area contributed by atoms with Crippen molar-refractivity contribution >= 4 is 0 Å². The van der Waals surface area contributed by atoms with E-state index in [4.69, 9.17) is 0 Å². The lowest BCUT2D eigenvalue weighted by molar-refractivity contribution is 1.09. The van der Waals surface area contributed by atoms with Gasteiger partial charge < -0.3 is 0 Å². The third-order valence-electron chi connectivity index (χ3n) is 3.44. The van der Waals surface area contributed by atoms with Crippen molar-refractivity contribution in [3.8, 4) is 22.4 Å². The van der Waals surface area contributed by atoms with E-state index in [1.165, 1.54) is 11.1 Å². The molecule has 2 aromatic heterocycles. The summed E-state index contributed by atoms with van der Waals surface area (Å²) in [5.74, 6) is 0. The van der Waals surface area contributed by atoms with Crippen LogP contribution in [0.4, 0.5) is 0 Å². The van der Waals surface area contributed by atoms with Crippen molar-refractivity contribution in [3.63, 3.8) is 0 Å². The SMILES string of the molecule is CCc1cccc(-c2cc(C)cnc2-c2cn[nH]c2)c1. The van der Waals surface area contributed by atoms with Crippen molar-refractivity contribution in [3.05, 3.63) is 60.0 Å². The predicted molar refractivity (Wildman–Crippen MR) is 81.4 cm³/mol. The molecular formula is C17H17N3. The summed E-state index contributed by atoms with van der Waals surface area (Å²) in [6.07, 6.45) is 6.62. The smallest absolute Gasteiger partial charge is 0.0811 e. The van der Waals surface area contributed by atoms with Crippen molar-refractivity contribution in [2.45, 2.75) is 20.3 Å². The molecule has 100 valence electrons. The zero-order chi connectivity index (χ0) is 13.9. The second-order valence-corrected chi connectivity index (χ2v) is 4.95. The molecule has 0 spiro atoms. The lowest BCUT2D eigenvalue weighted by atomic mass is 9.97. The van der Waals surface area contributed by atoms with Crippen LogP contribution in [-0.2, 0) is 6.42 Å². The van der Waals surface area contributed by atoms with Gasteiger partial charge in [0, 0.05) is 23.5 Å². The molecule has 3 aromatic rings. The first kappa shape index (κ1) is 12.6.